The summed E-state index contributed by atoms with van der Waals surface area (Å²) in [6.45, 7) is 0.192. The van der Waals surface area contributed by atoms with E-state index < -0.39 is 5.82 Å². The summed E-state index contributed by atoms with van der Waals surface area (Å²) in [5, 5.41) is 5.44. The summed E-state index contributed by atoms with van der Waals surface area (Å²) in [4.78, 5) is 13.1. The van der Waals surface area contributed by atoms with Gasteiger partial charge in [0.25, 0.3) is 0 Å². The lowest BCUT2D eigenvalue weighted by molar-refractivity contribution is 0.589. The SMILES string of the molecule is Nc1nc(-c2nn(Cc3ccccc3F)c3ncccc23)nc2cccc(F)c12. The highest BCUT2D eigenvalue weighted by Crippen LogP contribution is 2.29. The minimum atomic E-state index is -0.483. The van der Waals surface area contributed by atoms with Gasteiger partial charge in [0, 0.05) is 11.8 Å². The molecule has 3 heterocycles. The van der Waals surface area contributed by atoms with Crippen molar-refractivity contribution in [2.24, 2.45) is 0 Å². The summed E-state index contributed by atoms with van der Waals surface area (Å²) >= 11 is 0. The second-order valence-corrected chi connectivity index (χ2v) is 6.54. The Kier molecular flexibility index (Phi) is 3.90. The summed E-state index contributed by atoms with van der Waals surface area (Å²) < 4.78 is 29.8. The van der Waals surface area contributed by atoms with Crippen LogP contribution in [0.2, 0.25) is 0 Å². The van der Waals surface area contributed by atoms with Crippen molar-refractivity contribution in [2.45, 2.75) is 6.54 Å². The number of nitrogens with zero attached hydrogens (tertiary/aromatic N) is 5. The lowest BCUT2D eigenvalue weighted by atomic mass is 10.2. The molecule has 142 valence electrons. The number of hydrogen-bond donors (Lipinski definition) is 1. The molecule has 0 aliphatic heterocycles. The normalized spacial score (nSPS) is 11.4. The average molecular weight is 388 g/mol. The van der Waals surface area contributed by atoms with Crippen molar-refractivity contribution in [3.63, 3.8) is 0 Å². The van der Waals surface area contributed by atoms with Gasteiger partial charge in [-0.1, -0.05) is 24.3 Å². The van der Waals surface area contributed by atoms with Crippen molar-refractivity contribution < 1.29 is 8.78 Å². The zero-order valence-electron chi connectivity index (χ0n) is 15.0. The molecular formula is C21H14F2N6. The van der Waals surface area contributed by atoms with E-state index in [-0.39, 0.29) is 29.4 Å². The van der Waals surface area contributed by atoms with Crippen molar-refractivity contribution >= 4 is 27.8 Å². The Balaban J connectivity index is 1.70. The zero-order chi connectivity index (χ0) is 20.0. The molecule has 0 saturated carbocycles. The number of rotatable bonds is 3. The Morgan fingerprint density at radius 3 is 2.59 bits per heavy atom. The molecule has 0 radical (unpaired) electrons. The average Bonchev–Trinajstić information content (AvgIpc) is 3.08. The van der Waals surface area contributed by atoms with Gasteiger partial charge in [0.05, 0.1) is 22.8 Å². The van der Waals surface area contributed by atoms with Crippen LogP contribution < -0.4 is 5.73 Å². The number of hydrogen-bond acceptors (Lipinski definition) is 5. The third-order valence-corrected chi connectivity index (χ3v) is 4.70. The quantitative estimate of drug-likeness (QED) is 0.506. The molecule has 0 spiro atoms. The van der Waals surface area contributed by atoms with E-state index in [1.165, 1.54) is 12.1 Å². The highest BCUT2D eigenvalue weighted by molar-refractivity contribution is 5.94. The summed E-state index contributed by atoms with van der Waals surface area (Å²) in [5.74, 6) is -0.520. The first kappa shape index (κ1) is 17.2. The van der Waals surface area contributed by atoms with Crippen molar-refractivity contribution in [1.82, 2.24) is 24.7 Å². The fourth-order valence-electron chi connectivity index (χ4n) is 3.35. The largest absolute Gasteiger partial charge is 0.383 e. The first-order valence-corrected chi connectivity index (χ1v) is 8.89. The third kappa shape index (κ3) is 2.85. The van der Waals surface area contributed by atoms with Gasteiger partial charge in [0.2, 0.25) is 0 Å². The number of fused-ring (bicyclic) bond motifs is 2. The zero-order valence-corrected chi connectivity index (χ0v) is 15.0. The molecule has 0 saturated heterocycles. The van der Waals surface area contributed by atoms with E-state index >= 15 is 0 Å². The van der Waals surface area contributed by atoms with Crippen LogP contribution in [0.5, 0.6) is 0 Å². The lowest BCUT2D eigenvalue weighted by Crippen LogP contribution is -2.05. The van der Waals surface area contributed by atoms with E-state index in [2.05, 4.69) is 20.1 Å². The van der Waals surface area contributed by atoms with Crippen LogP contribution in [-0.2, 0) is 6.54 Å². The topological polar surface area (TPSA) is 82.5 Å². The molecule has 2 aromatic carbocycles. The predicted molar refractivity (Wildman–Crippen MR) is 106 cm³/mol. The molecule has 0 unspecified atom stereocenters. The number of pyridine rings is 1. The Bertz CT molecular complexity index is 1380. The number of nitrogens with two attached hydrogens (primary N) is 1. The fraction of sp³-hybridized carbons (Fsp3) is 0.0476. The van der Waals surface area contributed by atoms with Gasteiger partial charge in [0.15, 0.2) is 11.5 Å². The van der Waals surface area contributed by atoms with Crippen LogP contribution in [0.1, 0.15) is 5.56 Å². The second kappa shape index (κ2) is 6.59. The number of anilines is 1. The molecule has 0 aliphatic carbocycles. The van der Waals surface area contributed by atoms with Crippen molar-refractivity contribution in [2.75, 3.05) is 5.73 Å². The van der Waals surface area contributed by atoms with Gasteiger partial charge in [-0.15, -0.1) is 0 Å². The highest BCUT2D eigenvalue weighted by atomic mass is 19.1. The maximum atomic E-state index is 14.1. The van der Waals surface area contributed by atoms with Crippen molar-refractivity contribution in [3.8, 4) is 11.5 Å². The standard InChI is InChI=1S/C21H14F2N6/c22-14-7-2-1-5-12(14)11-29-21-13(6-4-10-25-21)18(28-29)20-26-16-9-3-8-15(23)17(16)19(24)27-20/h1-10H,11H2,(H2,24,26,27). The van der Waals surface area contributed by atoms with Crippen LogP contribution in [0.15, 0.2) is 60.8 Å². The van der Waals surface area contributed by atoms with Crippen LogP contribution in [-0.4, -0.2) is 24.7 Å². The van der Waals surface area contributed by atoms with E-state index in [4.69, 9.17) is 5.73 Å². The molecule has 5 rings (SSSR count). The molecular weight excluding hydrogens is 374 g/mol. The number of halogens is 2. The van der Waals surface area contributed by atoms with Gasteiger partial charge in [-0.05, 0) is 30.3 Å². The Hall–Kier alpha value is -3.94. The van der Waals surface area contributed by atoms with Crippen LogP contribution >= 0.6 is 0 Å². The van der Waals surface area contributed by atoms with Gasteiger partial charge >= 0.3 is 0 Å². The van der Waals surface area contributed by atoms with E-state index in [0.29, 0.717) is 27.8 Å². The number of benzene rings is 2. The molecule has 3 aromatic heterocycles. The Morgan fingerprint density at radius 1 is 0.897 bits per heavy atom. The third-order valence-electron chi connectivity index (χ3n) is 4.70. The second-order valence-electron chi connectivity index (χ2n) is 6.54. The molecule has 0 amide bonds. The van der Waals surface area contributed by atoms with E-state index in [1.807, 2.05) is 6.07 Å². The van der Waals surface area contributed by atoms with E-state index in [0.717, 1.165) is 0 Å². The van der Waals surface area contributed by atoms with Crippen LogP contribution in [0.25, 0.3) is 33.5 Å². The molecule has 0 fully saturated rings. The van der Waals surface area contributed by atoms with Crippen LogP contribution in [0.4, 0.5) is 14.6 Å². The van der Waals surface area contributed by atoms with Gasteiger partial charge in [-0.2, -0.15) is 5.10 Å². The first-order valence-electron chi connectivity index (χ1n) is 8.89. The minimum Gasteiger partial charge on any atom is -0.383 e. The molecule has 6 nitrogen and oxygen atoms in total. The van der Waals surface area contributed by atoms with Gasteiger partial charge in [-0.3, -0.25) is 0 Å². The Labute approximate surface area is 163 Å². The fourth-order valence-corrected chi connectivity index (χ4v) is 3.35. The lowest BCUT2D eigenvalue weighted by Gasteiger charge is -2.05. The Morgan fingerprint density at radius 2 is 1.72 bits per heavy atom. The molecule has 5 aromatic rings. The highest BCUT2D eigenvalue weighted by Gasteiger charge is 2.18. The maximum absolute atomic E-state index is 14.1. The molecule has 0 atom stereocenters. The minimum absolute atomic E-state index is 0.0313. The summed E-state index contributed by atoms with van der Waals surface area (Å²) in [6.07, 6.45) is 1.64. The molecule has 0 bridgehead atoms. The predicted octanol–water partition coefficient (Wildman–Crippen LogP) is 3.95. The molecule has 8 heteroatoms. The van der Waals surface area contributed by atoms with Gasteiger partial charge in [0.1, 0.15) is 23.1 Å². The van der Waals surface area contributed by atoms with E-state index in [1.54, 1.807) is 47.3 Å². The molecule has 29 heavy (non-hydrogen) atoms. The van der Waals surface area contributed by atoms with Crippen molar-refractivity contribution in [3.05, 3.63) is 78.0 Å². The number of nitrogen functional groups attached to an aromatic ring is 1. The van der Waals surface area contributed by atoms with E-state index in [9.17, 15) is 8.78 Å². The smallest absolute Gasteiger partial charge is 0.183 e. The maximum Gasteiger partial charge on any atom is 0.183 e. The van der Waals surface area contributed by atoms with Gasteiger partial charge < -0.3 is 5.73 Å². The molecule has 2 N–H and O–H groups in total. The summed E-state index contributed by atoms with van der Waals surface area (Å²) in [5.41, 5.74) is 7.87. The summed E-state index contributed by atoms with van der Waals surface area (Å²) in [7, 11) is 0. The van der Waals surface area contributed by atoms with Crippen LogP contribution in [0, 0.1) is 11.6 Å². The van der Waals surface area contributed by atoms with Crippen molar-refractivity contribution in [1.29, 1.82) is 0 Å². The number of aromatic nitrogens is 5. The molecule has 0 aliphatic rings. The van der Waals surface area contributed by atoms with Gasteiger partial charge in [-0.25, -0.2) is 28.4 Å². The summed E-state index contributed by atoms with van der Waals surface area (Å²) in [6, 6.07) is 14.6. The monoisotopic (exact) mass is 388 g/mol. The van der Waals surface area contributed by atoms with Crippen LogP contribution in [0.3, 0.4) is 0 Å². The first-order chi connectivity index (χ1) is 14.1.